The van der Waals surface area contributed by atoms with Crippen LogP contribution in [0.2, 0.25) is 5.02 Å². The Balaban J connectivity index is 1.78. The van der Waals surface area contributed by atoms with Gasteiger partial charge in [0.2, 0.25) is 5.91 Å². The van der Waals surface area contributed by atoms with Crippen LogP contribution in [0, 0.1) is 6.92 Å². The molecule has 2 amide bonds. The Morgan fingerprint density at radius 2 is 1.57 bits per heavy atom. The van der Waals surface area contributed by atoms with Gasteiger partial charge in [0.25, 0.3) is 5.91 Å². The van der Waals surface area contributed by atoms with Crippen LogP contribution in [-0.2, 0) is 4.79 Å². The van der Waals surface area contributed by atoms with Gasteiger partial charge in [0.05, 0.1) is 0 Å². The topological polar surface area (TPSA) is 96.0 Å². The van der Waals surface area contributed by atoms with Gasteiger partial charge in [0, 0.05) is 35.1 Å². The van der Waals surface area contributed by atoms with Gasteiger partial charge >= 0.3 is 0 Å². The van der Waals surface area contributed by atoms with E-state index in [9.17, 15) is 9.59 Å². The summed E-state index contributed by atoms with van der Waals surface area (Å²) in [6.45, 7) is 3.13. The number of aryl methyl sites for hydroxylation is 1. The summed E-state index contributed by atoms with van der Waals surface area (Å²) in [6, 6.07) is 15.6. The van der Waals surface area contributed by atoms with E-state index < -0.39 is 0 Å². The summed E-state index contributed by atoms with van der Waals surface area (Å²) in [6.07, 6.45) is 0. The maximum atomic E-state index is 12.6. The van der Waals surface area contributed by atoms with Gasteiger partial charge in [0.1, 0.15) is 17.3 Å². The summed E-state index contributed by atoms with van der Waals surface area (Å²) in [5.74, 6) is 0.349. The van der Waals surface area contributed by atoms with Crippen molar-refractivity contribution in [3.05, 3.63) is 71.1 Å². The molecule has 8 heteroatoms. The fraction of sp³-hybridized carbons (Fsp3) is 0.100. The van der Waals surface area contributed by atoms with Crippen LogP contribution in [0.5, 0.6) is 0 Å². The molecule has 3 rings (SSSR count). The van der Waals surface area contributed by atoms with E-state index in [-0.39, 0.29) is 17.5 Å². The first-order chi connectivity index (χ1) is 13.4. The minimum atomic E-state index is -0.389. The normalized spacial score (nSPS) is 10.2. The van der Waals surface area contributed by atoms with Gasteiger partial charge in [-0.25, -0.2) is 9.97 Å². The first-order valence-corrected chi connectivity index (χ1v) is 8.84. The van der Waals surface area contributed by atoms with Crippen molar-refractivity contribution in [2.75, 3.05) is 16.0 Å². The number of halogens is 1. The van der Waals surface area contributed by atoms with Crippen molar-refractivity contribution in [1.82, 2.24) is 9.97 Å². The first-order valence-electron chi connectivity index (χ1n) is 8.46. The summed E-state index contributed by atoms with van der Waals surface area (Å²) >= 11 is 6.00. The van der Waals surface area contributed by atoms with E-state index >= 15 is 0 Å². The third-order valence-corrected chi connectivity index (χ3v) is 3.84. The van der Waals surface area contributed by atoms with Crippen LogP contribution in [0.25, 0.3) is 0 Å². The van der Waals surface area contributed by atoms with Gasteiger partial charge in [-0.05, 0) is 43.3 Å². The number of hydrogen-bond donors (Lipinski definition) is 3. The molecule has 28 heavy (non-hydrogen) atoms. The van der Waals surface area contributed by atoms with Gasteiger partial charge < -0.3 is 16.0 Å². The number of carbonyl (C=O) groups is 2. The number of benzene rings is 2. The molecule has 7 nitrogen and oxygen atoms in total. The maximum Gasteiger partial charge on any atom is 0.274 e. The van der Waals surface area contributed by atoms with Gasteiger partial charge in [-0.2, -0.15) is 0 Å². The van der Waals surface area contributed by atoms with Crippen LogP contribution in [0.3, 0.4) is 0 Å². The van der Waals surface area contributed by atoms with Crippen LogP contribution >= 0.6 is 11.6 Å². The van der Waals surface area contributed by atoms with Crippen LogP contribution in [0.4, 0.5) is 22.9 Å². The van der Waals surface area contributed by atoms with Crippen LogP contribution in [0.1, 0.15) is 23.2 Å². The van der Waals surface area contributed by atoms with Gasteiger partial charge in [0.15, 0.2) is 0 Å². The molecule has 3 N–H and O–H groups in total. The van der Waals surface area contributed by atoms with E-state index in [4.69, 9.17) is 11.6 Å². The second kappa shape index (κ2) is 8.49. The van der Waals surface area contributed by atoms with Crippen LogP contribution < -0.4 is 16.0 Å². The predicted octanol–water partition coefficient (Wildman–Crippen LogP) is 4.39. The van der Waals surface area contributed by atoms with Crippen molar-refractivity contribution in [3.8, 4) is 0 Å². The molecule has 0 saturated heterocycles. The van der Waals surface area contributed by atoms with Gasteiger partial charge in [-0.1, -0.05) is 23.7 Å². The van der Waals surface area contributed by atoms with E-state index in [1.807, 2.05) is 12.1 Å². The first kappa shape index (κ1) is 19.3. The van der Waals surface area contributed by atoms with Crippen LogP contribution in [-0.4, -0.2) is 21.8 Å². The molecular weight excluding hydrogens is 378 g/mol. The molecule has 0 bridgehead atoms. The third-order valence-electron chi connectivity index (χ3n) is 3.61. The molecule has 142 valence electrons. The number of rotatable bonds is 5. The monoisotopic (exact) mass is 395 g/mol. The molecule has 0 spiro atoms. The summed E-state index contributed by atoms with van der Waals surface area (Å²) in [5, 5.41) is 9.14. The molecule has 0 aliphatic rings. The predicted molar refractivity (Wildman–Crippen MR) is 110 cm³/mol. The number of amides is 2. The molecule has 0 fully saturated rings. The Kier molecular flexibility index (Phi) is 5.86. The zero-order valence-corrected chi connectivity index (χ0v) is 16.0. The molecule has 0 radical (unpaired) electrons. The number of nitrogens with one attached hydrogen (secondary N) is 3. The number of anilines is 4. The molecule has 0 unspecified atom stereocenters. The lowest BCUT2D eigenvalue weighted by molar-refractivity contribution is -0.114. The van der Waals surface area contributed by atoms with Gasteiger partial charge in [-0.3, -0.25) is 9.59 Å². The molecule has 0 aliphatic carbocycles. The Hall–Kier alpha value is -3.45. The third kappa shape index (κ3) is 5.28. The molecule has 0 aliphatic heterocycles. The molecule has 3 aromatic rings. The smallest absolute Gasteiger partial charge is 0.274 e. The average molecular weight is 396 g/mol. The second-order valence-electron chi connectivity index (χ2n) is 6.04. The van der Waals surface area contributed by atoms with Crippen molar-refractivity contribution in [2.45, 2.75) is 13.8 Å². The zero-order valence-electron chi connectivity index (χ0n) is 15.3. The van der Waals surface area contributed by atoms with E-state index in [1.54, 1.807) is 49.4 Å². The highest BCUT2D eigenvalue weighted by Gasteiger charge is 2.12. The summed E-state index contributed by atoms with van der Waals surface area (Å²) in [5.41, 5.74) is 2.09. The molecule has 0 saturated carbocycles. The average Bonchev–Trinajstić information content (AvgIpc) is 2.61. The van der Waals surface area contributed by atoms with Crippen molar-refractivity contribution in [3.63, 3.8) is 0 Å². The minimum absolute atomic E-state index is 0.188. The number of hydrogen-bond acceptors (Lipinski definition) is 5. The fourth-order valence-electron chi connectivity index (χ4n) is 2.54. The number of nitrogens with zero attached hydrogens (tertiary/aromatic N) is 2. The minimum Gasteiger partial charge on any atom is -0.340 e. The highest BCUT2D eigenvalue weighted by Crippen LogP contribution is 2.20. The van der Waals surface area contributed by atoms with E-state index in [0.29, 0.717) is 28.0 Å². The Morgan fingerprint density at radius 1 is 0.893 bits per heavy atom. The summed E-state index contributed by atoms with van der Waals surface area (Å²) in [7, 11) is 0. The highest BCUT2D eigenvalue weighted by molar-refractivity contribution is 6.30. The van der Waals surface area contributed by atoms with Crippen molar-refractivity contribution in [2.24, 2.45) is 0 Å². The van der Waals surface area contributed by atoms with E-state index in [1.165, 1.54) is 6.92 Å². The second-order valence-corrected chi connectivity index (χ2v) is 6.47. The Labute approximate surface area is 167 Å². The van der Waals surface area contributed by atoms with Crippen LogP contribution in [0.15, 0.2) is 54.6 Å². The quantitative estimate of drug-likeness (QED) is 0.595. The van der Waals surface area contributed by atoms with E-state index in [2.05, 4.69) is 25.9 Å². The standard InChI is InChI=1S/C20H18ClN5O2/c1-12-22-18(11-19(23-12)25-15-6-3-5-14(21)9-15)20(28)26-17-8-4-7-16(10-17)24-13(2)27/h3-11H,1-2H3,(H,24,27)(H,26,28)(H,22,23,25). The number of aromatic nitrogens is 2. The lowest BCUT2D eigenvalue weighted by atomic mass is 10.2. The Bertz CT molecular complexity index is 1040. The highest BCUT2D eigenvalue weighted by atomic mass is 35.5. The maximum absolute atomic E-state index is 12.6. The molecular formula is C20H18ClN5O2. The molecule has 0 atom stereocenters. The van der Waals surface area contributed by atoms with E-state index in [0.717, 1.165) is 5.69 Å². The molecule has 1 aromatic heterocycles. The molecule has 2 aromatic carbocycles. The largest absolute Gasteiger partial charge is 0.340 e. The Morgan fingerprint density at radius 3 is 2.29 bits per heavy atom. The summed E-state index contributed by atoms with van der Waals surface area (Å²) < 4.78 is 0. The van der Waals surface area contributed by atoms with Crippen molar-refractivity contribution < 1.29 is 9.59 Å². The lowest BCUT2D eigenvalue weighted by Crippen LogP contribution is -2.15. The zero-order chi connectivity index (χ0) is 20.1. The fourth-order valence-corrected chi connectivity index (χ4v) is 2.73. The SMILES string of the molecule is CC(=O)Nc1cccc(NC(=O)c2cc(Nc3cccc(Cl)c3)nc(C)n2)c1. The lowest BCUT2D eigenvalue weighted by Gasteiger charge is -2.10. The van der Waals surface area contributed by atoms with Gasteiger partial charge in [-0.15, -0.1) is 0 Å². The van der Waals surface area contributed by atoms with Crippen molar-refractivity contribution in [1.29, 1.82) is 0 Å². The summed E-state index contributed by atoms with van der Waals surface area (Å²) in [4.78, 5) is 32.3. The van der Waals surface area contributed by atoms with Crippen molar-refractivity contribution >= 4 is 46.3 Å². The molecule has 1 heterocycles. The number of carbonyl (C=O) groups excluding carboxylic acids is 2.